The summed E-state index contributed by atoms with van der Waals surface area (Å²) in [7, 11) is 0. The van der Waals surface area contributed by atoms with E-state index < -0.39 is 30.1 Å². The van der Waals surface area contributed by atoms with Crippen molar-refractivity contribution >= 4 is 11.8 Å². The van der Waals surface area contributed by atoms with E-state index in [0.717, 1.165) is 19.3 Å². The van der Waals surface area contributed by atoms with Gasteiger partial charge in [0, 0.05) is 18.9 Å². The second kappa shape index (κ2) is 8.03. The smallest absolute Gasteiger partial charge is 0.256 e. The van der Waals surface area contributed by atoms with Gasteiger partial charge in [0.15, 0.2) is 0 Å². The van der Waals surface area contributed by atoms with Crippen molar-refractivity contribution in [3.63, 3.8) is 0 Å². The number of unbranched alkanes of at least 4 members (excludes halogenated alkanes) is 2. The highest BCUT2D eigenvalue weighted by Crippen LogP contribution is 2.21. The highest BCUT2D eigenvalue weighted by atomic mass is 16.3. The Balaban J connectivity index is 2.08. The van der Waals surface area contributed by atoms with E-state index in [1.807, 2.05) is 0 Å². The molecule has 23 heavy (non-hydrogen) atoms. The van der Waals surface area contributed by atoms with Crippen molar-refractivity contribution in [1.29, 1.82) is 0 Å². The summed E-state index contributed by atoms with van der Waals surface area (Å²) >= 11 is 0. The second-order valence-corrected chi connectivity index (χ2v) is 5.70. The van der Waals surface area contributed by atoms with Crippen molar-refractivity contribution in [3.8, 4) is 0 Å². The molecule has 3 N–H and O–H groups in total. The zero-order valence-corrected chi connectivity index (χ0v) is 13.2. The molecular formula is C16H23N3O4. The highest BCUT2D eigenvalue weighted by molar-refractivity contribution is 5.98. The zero-order chi connectivity index (χ0) is 16.8. The molecule has 0 aromatic carbocycles. The molecule has 1 aliphatic rings. The van der Waals surface area contributed by atoms with Gasteiger partial charge in [0.1, 0.15) is 18.2 Å². The summed E-state index contributed by atoms with van der Waals surface area (Å²) in [6, 6.07) is 2.12. The molecule has 126 valence electrons. The average molecular weight is 321 g/mol. The Kier molecular flexibility index (Phi) is 6.06. The predicted molar refractivity (Wildman–Crippen MR) is 83.6 cm³/mol. The molecule has 7 heteroatoms. The molecule has 2 heterocycles. The number of aliphatic hydroxyl groups excluding tert-OH is 2. The molecular weight excluding hydrogens is 298 g/mol. The Bertz CT molecular complexity index is 537. The topological polar surface area (TPSA) is 103 Å². The van der Waals surface area contributed by atoms with E-state index in [1.54, 1.807) is 18.3 Å². The summed E-state index contributed by atoms with van der Waals surface area (Å²) in [5.74, 6) is -0.871. The van der Waals surface area contributed by atoms with Crippen LogP contribution in [-0.4, -0.2) is 63.3 Å². The first-order chi connectivity index (χ1) is 11.1. The van der Waals surface area contributed by atoms with Gasteiger partial charge in [-0.2, -0.15) is 0 Å². The fraction of sp³-hybridized carbons (Fsp3) is 0.562. The zero-order valence-electron chi connectivity index (χ0n) is 13.2. The molecule has 1 aromatic heterocycles. The maximum absolute atomic E-state index is 12.5. The van der Waals surface area contributed by atoms with Crippen LogP contribution in [0.2, 0.25) is 0 Å². The maximum atomic E-state index is 12.5. The van der Waals surface area contributed by atoms with Gasteiger partial charge in [-0.1, -0.05) is 19.8 Å². The second-order valence-electron chi connectivity index (χ2n) is 5.70. The number of amides is 2. The standard InChI is InChI=1S/C16H23N3O4/c1-2-3-4-8-18-15(22)13-14(21)12(20)10-19(13)16(23)11-6-5-7-17-9-11/h5-7,9,12-14,20-21H,2-4,8,10H2,1H3,(H,18,22)/t12-,13-,14-/m0/s1. The molecule has 0 unspecified atom stereocenters. The largest absolute Gasteiger partial charge is 0.388 e. The first kappa shape index (κ1) is 17.4. The third kappa shape index (κ3) is 4.05. The van der Waals surface area contributed by atoms with Crippen molar-refractivity contribution < 1.29 is 19.8 Å². The molecule has 0 spiro atoms. The van der Waals surface area contributed by atoms with E-state index in [4.69, 9.17) is 0 Å². The normalized spacial score (nSPS) is 23.8. The number of hydrogen-bond acceptors (Lipinski definition) is 5. The van der Waals surface area contributed by atoms with Crippen LogP contribution < -0.4 is 5.32 Å². The summed E-state index contributed by atoms with van der Waals surface area (Å²) in [6.45, 7) is 2.47. The van der Waals surface area contributed by atoms with Gasteiger partial charge >= 0.3 is 0 Å². The van der Waals surface area contributed by atoms with Crippen LogP contribution in [-0.2, 0) is 4.79 Å². The van der Waals surface area contributed by atoms with Gasteiger partial charge in [-0.05, 0) is 18.6 Å². The lowest BCUT2D eigenvalue weighted by molar-refractivity contribution is -0.128. The van der Waals surface area contributed by atoms with Gasteiger partial charge in [-0.15, -0.1) is 0 Å². The van der Waals surface area contributed by atoms with Crippen LogP contribution in [0.3, 0.4) is 0 Å². The number of carbonyl (C=O) groups is 2. The molecule has 2 amide bonds. The van der Waals surface area contributed by atoms with Gasteiger partial charge in [-0.3, -0.25) is 14.6 Å². The third-order valence-electron chi connectivity index (χ3n) is 3.95. The number of β-amino-alcohol motifs (C(OH)–C–C–N with tert-alkyl or cyclic N) is 1. The fourth-order valence-corrected chi connectivity index (χ4v) is 2.67. The van der Waals surface area contributed by atoms with Crippen LogP contribution in [0, 0.1) is 0 Å². The number of nitrogens with zero attached hydrogens (tertiary/aromatic N) is 2. The van der Waals surface area contributed by atoms with Crippen molar-refractivity contribution in [2.24, 2.45) is 0 Å². The molecule has 2 rings (SSSR count). The van der Waals surface area contributed by atoms with Crippen LogP contribution in [0.5, 0.6) is 0 Å². The fourth-order valence-electron chi connectivity index (χ4n) is 2.67. The van der Waals surface area contributed by atoms with Gasteiger partial charge in [-0.25, -0.2) is 0 Å². The lowest BCUT2D eigenvalue weighted by atomic mass is 10.1. The number of nitrogens with one attached hydrogen (secondary N) is 1. The number of aliphatic hydroxyl groups is 2. The van der Waals surface area contributed by atoms with Crippen LogP contribution in [0.1, 0.15) is 36.5 Å². The monoisotopic (exact) mass is 321 g/mol. The Labute approximate surface area is 135 Å². The summed E-state index contributed by atoms with van der Waals surface area (Å²) in [5.41, 5.74) is 0.317. The van der Waals surface area contributed by atoms with E-state index in [1.165, 1.54) is 11.1 Å². The van der Waals surface area contributed by atoms with E-state index in [2.05, 4.69) is 17.2 Å². The van der Waals surface area contributed by atoms with Crippen LogP contribution >= 0.6 is 0 Å². The van der Waals surface area contributed by atoms with Gasteiger partial charge in [0.25, 0.3) is 5.91 Å². The Morgan fingerprint density at radius 1 is 1.39 bits per heavy atom. The van der Waals surface area contributed by atoms with E-state index in [-0.39, 0.29) is 6.54 Å². The van der Waals surface area contributed by atoms with Crippen molar-refractivity contribution in [1.82, 2.24) is 15.2 Å². The molecule has 0 radical (unpaired) electrons. The number of hydrogen-bond donors (Lipinski definition) is 3. The maximum Gasteiger partial charge on any atom is 0.256 e. The molecule has 0 saturated carbocycles. The first-order valence-electron chi connectivity index (χ1n) is 7.91. The SMILES string of the molecule is CCCCCNC(=O)[C@@H]1[C@@H](O)[C@@H](O)CN1C(=O)c1cccnc1. The van der Waals surface area contributed by atoms with E-state index in [9.17, 15) is 19.8 Å². The number of rotatable bonds is 6. The van der Waals surface area contributed by atoms with Gasteiger partial charge in [0.05, 0.1) is 12.1 Å². The van der Waals surface area contributed by atoms with Gasteiger partial charge < -0.3 is 20.4 Å². The number of carbonyl (C=O) groups excluding carboxylic acids is 2. The molecule has 3 atom stereocenters. The summed E-state index contributed by atoms with van der Waals surface area (Å²) in [5, 5.41) is 22.7. The first-order valence-corrected chi connectivity index (χ1v) is 7.91. The van der Waals surface area contributed by atoms with Crippen molar-refractivity contribution in [3.05, 3.63) is 30.1 Å². The number of likely N-dealkylation sites (tertiary alicyclic amines) is 1. The summed E-state index contributed by atoms with van der Waals surface area (Å²) in [4.78, 5) is 29.9. The molecule has 0 aliphatic carbocycles. The Hall–Kier alpha value is -1.99. The lowest BCUT2D eigenvalue weighted by Crippen LogP contribution is -2.50. The molecule has 1 fully saturated rings. The Morgan fingerprint density at radius 2 is 2.17 bits per heavy atom. The van der Waals surface area contributed by atoms with Crippen molar-refractivity contribution in [2.75, 3.05) is 13.1 Å². The van der Waals surface area contributed by atoms with E-state index >= 15 is 0 Å². The summed E-state index contributed by atoms with van der Waals surface area (Å²) < 4.78 is 0. The van der Waals surface area contributed by atoms with E-state index in [0.29, 0.717) is 12.1 Å². The Morgan fingerprint density at radius 3 is 2.83 bits per heavy atom. The quantitative estimate of drug-likeness (QED) is 0.637. The lowest BCUT2D eigenvalue weighted by Gasteiger charge is -2.25. The average Bonchev–Trinajstić information content (AvgIpc) is 2.87. The van der Waals surface area contributed by atoms with Crippen LogP contribution in [0.15, 0.2) is 24.5 Å². The predicted octanol–water partition coefficient (Wildman–Crippen LogP) is -0.0658. The van der Waals surface area contributed by atoms with Crippen molar-refractivity contribution in [2.45, 2.75) is 44.4 Å². The highest BCUT2D eigenvalue weighted by Gasteiger charge is 2.46. The minimum Gasteiger partial charge on any atom is -0.388 e. The molecule has 7 nitrogen and oxygen atoms in total. The molecule has 0 bridgehead atoms. The molecule has 1 aliphatic heterocycles. The van der Waals surface area contributed by atoms with Gasteiger partial charge in [0.2, 0.25) is 5.91 Å². The number of pyridine rings is 1. The minimum absolute atomic E-state index is 0.0814. The molecule has 1 saturated heterocycles. The number of aromatic nitrogens is 1. The summed E-state index contributed by atoms with van der Waals surface area (Å²) in [6.07, 6.45) is 3.38. The third-order valence-corrected chi connectivity index (χ3v) is 3.95. The molecule has 1 aromatic rings. The van der Waals surface area contributed by atoms with Crippen LogP contribution in [0.25, 0.3) is 0 Å². The van der Waals surface area contributed by atoms with Crippen LogP contribution in [0.4, 0.5) is 0 Å². The minimum atomic E-state index is -1.29.